The number of phenols is 1. The zero-order valence-electron chi connectivity index (χ0n) is 24.4. The molecule has 0 spiro atoms. The molecule has 0 bridgehead atoms. The van der Waals surface area contributed by atoms with Crippen molar-refractivity contribution in [1.29, 1.82) is 0 Å². The molecule has 5 rings (SSSR count). The van der Waals surface area contributed by atoms with E-state index in [1.165, 1.54) is 21.0 Å². The summed E-state index contributed by atoms with van der Waals surface area (Å²) in [5, 5.41) is 73.0. The van der Waals surface area contributed by atoms with Gasteiger partial charge in [-0.05, 0) is 20.8 Å². The number of aromatic hydroxyl groups is 1. The van der Waals surface area contributed by atoms with Crippen LogP contribution in [-0.4, -0.2) is 111 Å². The van der Waals surface area contributed by atoms with Crippen LogP contribution in [0, 0.1) is 13.8 Å². The van der Waals surface area contributed by atoms with Gasteiger partial charge in [0.25, 0.3) is 0 Å². The van der Waals surface area contributed by atoms with Crippen molar-refractivity contribution in [3.05, 3.63) is 51.7 Å². The SMILES string of the molecule is COc1c(-c2ccccc2)oc2c(C)c(OC3OC(C)C(O)C(O)C3OC3OC(CO)C(O)C(O)C3O)c(C)c(O)c2c1=O. The van der Waals surface area contributed by atoms with E-state index in [-0.39, 0.29) is 39.4 Å². The molecular formula is C30H36O14. The zero-order valence-corrected chi connectivity index (χ0v) is 24.4. The molecule has 0 radical (unpaired) electrons. The second kappa shape index (κ2) is 12.6. The predicted molar refractivity (Wildman–Crippen MR) is 151 cm³/mol. The minimum atomic E-state index is -1.81. The third-order valence-corrected chi connectivity index (χ3v) is 8.08. The smallest absolute Gasteiger partial charge is 0.239 e. The molecule has 10 unspecified atom stereocenters. The van der Waals surface area contributed by atoms with Gasteiger partial charge < -0.3 is 63.8 Å². The molecule has 2 aliphatic rings. The number of methoxy groups -OCH3 is 1. The van der Waals surface area contributed by atoms with Gasteiger partial charge in [0.2, 0.25) is 17.5 Å². The molecule has 10 atom stereocenters. The molecule has 2 fully saturated rings. The van der Waals surface area contributed by atoms with Gasteiger partial charge in [0.15, 0.2) is 18.2 Å². The summed E-state index contributed by atoms with van der Waals surface area (Å²) < 4.78 is 34.7. The third kappa shape index (κ3) is 5.42. The van der Waals surface area contributed by atoms with Crippen LogP contribution in [0.15, 0.2) is 39.5 Å². The van der Waals surface area contributed by atoms with E-state index < -0.39 is 79.2 Å². The first-order valence-corrected chi connectivity index (χ1v) is 14.0. The van der Waals surface area contributed by atoms with Crippen LogP contribution in [0.3, 0.4) is 0 Å². The first kappa shape index (κ1) is 32.1. The van der Waals surface area contributed by atoms with Crippen LogP contribution < -0.4 is 14.9 Å². The Morgan fingerprint density at radius 2 is 1.52 bits per heavy atom. The molecule has 3 heterocycles. The molecule has 1 aromatic heterocycles. The molecule has 7 N–H and O–H groups in total. The summed E-state index contributed by atoms with van der Waals surface area (Å²) in [6.07, 6.45) is -15.4. The van der Waals surface area contributed by atoms with E-state index in [1.54, 1.807) is 37.3 Å². The Kier molecular flexibility index (Phi) is 9.18. The van der Waals surface area contributed by atoms with Gasteiger partial charge in [0, 0.05) is 16.7 Å². The van der Waals surface area contributed by atoms with Crippen LogP contribution in [-0.2, 0) is 14.2 Å². The zero-order chi connectivity index (χ0) is 32.0. The van der Waals surface area contributed by atoms with E-state index in [9.17, 15) is 40.5 Å². The Morgan fingerprint density at radius 1 is 0.841 bits per heavy atom. The average molecular weight is 621 g/mol. The number of phenolic OH excluding ortho intramolecular Hbond substituents is 1. The van der Waals surface area contributed by atoms with Gasteiger partial charge in [-0.15, -0.1) is 0 Å². The summed E-state index contributed by atoms with van der Waals surface area (Å²) in [5.74, 6) is -0.442. The molecule has 3 aromatic rings. The molecule has 14 nitrogen and oxygen atoms in total. The molecule has 2 saturated heterocycles. The highest BCUT2D eigenvalue weighted by atomic mass is 16.8. The summed E-state index contributed by atoms with van der Waals surface area (Å²) in [7, 11) is 1.32. The number of hydrogen-bond acceptors (Lipinski definition) is 14. The van der Waals surface area contributed by atoms with E-state index in [0.29, 0.717) is 5.56 Å². The first-order valence-electron chi connectivity index (χ1n) is 14.0. The lowest BCUT2D eigenvalue weighted by Gasteiger charge is -2.45. The van der Waals surface area contributed by atoms with Crippen molar-refractivity contribution in [2.24, 2.45) is 0 Å². The van der Waals surface area contributed by atoms with Gasteiger partial charge in [-0.25, -0.2) is 0 Å². The highest BCUT2D eigenvalue weighted by Gasteiger charge is 2.51. The maximum atomic E-state index is 13.5. The summed E-state index contributed by atoms with van der Waals surface area (Å²) in [5.41, 5.74) is 0.298. The Morgan fingerprint density at radius 3 is 2.16 bits per heavy atom. The number of benzene rings is 2. The first-order chi connectivity index (χ1) is 20.9. The van der Waals surface area contributed by atoms with Gasteiger partial charge >= 0.3 is 0 Å². The molecule has 0 aliphatic carbocycles. The lowest BCUT2D eigenvalue weighted by atomic mass is 9.97. The van der Waals surface area contributed by atoms with Crippen LogP contribution in [0.2, 0.25) is 0 Å². The van der Waals surface area contributed by atoms with Gasteiger partial charge in [0.1, 0.15) is 59.1 Å². The molecule has 240 valence electrons. The lowest BCUT2D eigenvalue weighted by molar-refractivity contribution is -0.355. The lowest BCUT2D eigenvalue weighted by Crippen LogP contribution is -2.64. The van der Waals surface area contributed by atoms with Gasteiger partial charge in [-0.1, -0.05) is 30.3 Å². The summed E-state index contributed by atoms with van der Waals surface area (Å²) >= 11 is 0. The molecule has 0 amide bonds. The van der Waals surface area contributed by atoms with Gasteiger partial charge in [0.05, 0.1) is 19.8 Å². The van der Waals surface area contributed by atoms with Crippen molar-refractivity contribution in [2.45, 2.75) is 82.2 Å². The highest BCUT2D eigenvalue weighted by molar-refractivity contribution is 5.92. The standard InChI is InChI=1S/C30H36O14/c1-11-17(32)16-20(35)27(39-4)26(14-8-6-5-7-9-14)42-25(16)12(2)24(11)43-30-28(22(37)18(33)13(3)40-30)44-29-23(38)21(36)19(34)15(10-31)41-29/h5-9,13,15,18-19,21-23,28-34,36-38H,10H2,1-4H3. The molecular weight excluding hydrogens is 584 g/mol. The van der Waals surface area contributed by atoms with E-state index in [0.717, 1.165) is 0 Å². The van der Waals surface area contributed by atoms with Gasteiger partial charge in [-0.2, -0.15) is 0 Å². The molecule has 2 aromatic carbocycles. The molecule has 0 saturated carbocycles. The normalized spacial score (nSPS) is 32.5. The number of aliphatic hydroxyl groups excluding tert-OH is 6. The maximum Gasteiger partial charge on any atom is 0.239 e. The number of aliphatic hydroxyl groups is 6. The van der Waals surface area contributed by atoms with Crippen molar-refractivity contribution in [1.82, 2.24) is 0 Å². The van der Waals surface area contributed by atoms with Crippen molar-refractivity contribution in [3.63, 3.8) is 0 Å². The Hall–Kier alpha value is -3.31. The number of rotatable bonds is 7. The minimum Gasteiger partial charge on any atom is -0.507 e. The fourth-order valence-corrected chi connectivity index (χ4v) is 5.51. The van der Waals surface area contributed by atoms with Gasteiger partial charge in [-0.3, -0.25) is 4.79 Å². The third-order valence-electron chi connectivity index (χ3n) is 8.08. The average Bonchev–Trinajstić information content (AvgIpc) is 3.02. The molecule has 2 aliphatic heterocycles. The van der Waals surface area contributed by atoms with E-state index in [4.69, 9.17) is 28.1 Å². The van der Waals surface area contributed by atoms with Crippen molar-refractivity contribution < 1.29 is 63.8 Å². The number of aryl methyl sites for hydroxylation is 1. The van der Waals surface area contributed by atoms with E-state index >= 15 is 0 Å². The fourth-order valence-electron chi connectivity index (χ4n) is 5.51. The summed E-state index contributed by atoms with van der Waals surface area (Å²) in [6.45, 7) is 3.82. The second-order valence-electron chi connectivity index (χ2n) is 10.9. The van der Waals surface area contributed by atoms with Crippen molar-refractivity contribution in [3.8, 4) is 28.6 Å². The fraction of sp³-hybridized carbons (Fsp3) is 0.500. The summed E-state index contributed by atoms with van der Waals surface area (Å²) in [4.78, 5) is 13.5. The van der Waals surface area contributed by atoms with Crippen LogP contribution in [0.25, 0.3) is 22.3 Å². The second-order valence-corrected chi connectivity index (χ2v) is 10.9. The van der Waals surface area contributed by atoms with Crippen LogP contribution in [0.5, 0.6) is 17.2 Å². The summed E-state index contributed by atoms with van der Waals surface area (Å²) in [6, 6.07) is 8.74. The van der Waals surface area contributed by atoms with Crippen LogP contribution in [0.1, 0.15) is 18.1 Å². The van der Waals surface area contributed by atoms with Crippen LogP contribution in [0.4, 0.5) is 0 Å². The number of ether oxygens (including phenoxy) is 5. The Bertz CT molecular complexity index is 1540. The van der Waals surface area contributed by atoms with E-state index in [2.05, 4.69) is 0 Å². The molecule has 14 heteroatoms. The van der Waals surface area contributed by atoms with Crippen molar-refractivity contribution in [2.75, 3.05) is 13.7 Å². The van der Waals surface area contributed by atoms with Crippen molar-refractivity contribution >= 4 is 11.0 Å². The monoisotopic (exact) mass is 620 g/mol. The number of fused-ring (bicyclic) bond motifs is 1. The van der Waals surface area contributed by atoms with Crippen LogP contribution >= 0.6 is 0 Å². The highest BCUT2D eigenvalue weighted by Crippen LogP contribution is 2.43. The largest absolute Gasteiger partial charge is 0.507 e. The number of hydrogen-bond donors (Lipinski definition) is 7. The minimum absolute atomic E-state index is 0.00511. The molecule has 44 heavy (non-hydrogen) atoms. The topological polar surface area (TPSA) is 218 Å². The maximum absolute atomic E-state index is 13.5. The van der Waals surface area contributed by atoms with E-state index in [1.807, 2.05) is 0 Å². The Balaban J connectivity index is 1.57. The quantitative estimate of drug-likeness (QED) is 0.182. The predicted octanol–water partition coefficient (Wildman–Crippen LogP) is -0.178. The Labute approximate surface area is 251 Å².